The molecule has 1 aromatic rings. The first kappa shape index (κ1) is 12.2. The fraction of sp³-hybridized carbons (Fsp3) is 0.615. The Balaban J connectivity index is 2.66. The molecule has 0 aromatic carbocycles. The van der Waals surface area contributed by atoms with Gasteiger partial charge in [-0.25, -0.2) is 0 Å². The second kappa shape index (κ2) is 5.86. The van der Waals surface area contributed by atoms with Crippen LogP contribution in [0.2, 0.25) is 0 Å². The molecule has 1 rings (SSSR count). The largest absolute Gasteiger partial charge is 0.314 e. The molecule has 0 aliphatic carbocycles. The maximum Gasteiger partial charge on any atom is 0.0270 e. The normalized spacial score (nSPS) is 13.5. The molecule has 1 N–H and O–H groups in total. The van der Waals surface area contributed by atoms with Gasteiger partial charge in [0.25, 0.3) is 0 Å². The van der Waals surface area contributed by atoms with E-state index in [4.69, 9.17) is 0 Å². The Bertz CT molecular complexity index is 267. The fourth-order valence-electron chi connectivity index (χ4n) is 1.71. The SMILES string of the molecule is CC(C)NCC(c1ccncc1)C(C)C. The number of nitrogens with one attached hydrogen (secondary N) is 1. The minimum absolute atomic E-state index is 0.549. The van der Waals surface area contributed by atoms with Gasteiger partial charge >= 0.3 is 0 Å². The van der Waals surface area contributed by atoms with Gasteiger partial charge in [0.05, 0.1) is 0 Å². The van der Waals surface area contributed by atoms with Crippen molar-refractivity contribution in [1.29, 1.82) is 0 Å². The number of pyridine rings is 1. The van der Waals surface area contributed by atoms with E-state index in [0.717, 1.165) is 6.54 Å². The van der Waals surface area contributed by atoms with Crippen LogP contribution in [0.15, 0.2) is 24.5 Å². The number of hydrogen-bond donors (Lipinski definition) is 1. The molecular formula is C13H22N2. The van der Waals surface area contributed by atoms with E-state index in [1.807, 2.05) is 12.4 Å². The van der Waals surface area contributed by atoms with Gasteiger partial charge in [-0.2, -0.15) is 0 Å². The average molecular weight is 206 g/mol. The Morgan fingerprint density at radius 1 is 1.13 bits per heavy atom. The van der Waals surface area contributed by atoms with Crippen LogP contribution in [0.3, 0.4) is 0 Å². The lowest BCUT2D eigenvalue weighted by Crippen LogP contribution is -2.30. The van der Waals surface area contributed by atoms with E-state index in [1.165, 1.54) is 5.56 Å². The molecule has 2 heteroatoms. The molecule has 2 nitrogen and oxygen atoms in total. The van der Waals surface area contributed by atoms with Gasteiger partial charge in [-0.3, -0.25) is 4.98 Å². The van der Waals surface area contributed by atoms with Crippen LogP contribution in [-0.2, 0) is 0 Å². The molecule has 84 valence electrons. The van der Waals surface area contributed by atoms with Gasteiger partial charge in [-0.1, -0.05) is 27.7 Å². The van der Waals surface area contributed by atoms with Crippen molar-refractivity contribution in [2.45, 2.75) is 39.7 Å². The third-order valence-electron chi connectivity index (χ3n) is 2.69. The highest BCUT2D eigenvalue weighted by Crippen LogP contribution is 2.22. The zero-order valence-electron chi connectivity index (χ0n) is 10.2. The van der Waals surface area contributed by atoms with Crippen LogP contribution in [0.25, 0.3) is 0 Å². The molecule has 0 spiro atoms. The Morgan fingerprint density at radius 3 is 2.20 bits per heavy atom. The molecule has 0 aliphatic rings. The highest BCUT2D eigenvalue weighted by molar-refractivity contribution is 5.16. The number of aromatic nitrogens is 1. The van der Waals surface area contributed by atoms with Crippen LogP contribution in [0, 0.1) is 5.92 Å². The van der Waals surface area contributed by atoms with E-state index in [-0.39, 0.29) is 0 Å². The van der Waals surface area contributed by atoms with Crippen LogP contribution in [0.5, 0.6) is 0 Å². The van der Waals surface area contributed by atoms with Crippen LogP contribution in [0.4, 0.5) is 0 Å². The lowest BCUT2D eigenvalue weighted by atomic mass is 9.89. The van der Waals surface area contributed by atoms with Crippen LogP contribution in [-0.4, -0.2) is 17.6 Å². The Labute approximate surface area is 93.1 Å². The summed E-state index contributed by atoms with van der Waals surface area (Å²) in [6, 6.07) is 4.78. The van der Waals surface area contributed by atoms with Crippen molar-refractivity contribution in [3.8, 4) is 0 Å². The van der Waals surface area contributed by atoms with Crippen LogP contribution in [0.1, 0.15) is 39.2 Å². The first-order chi connectivity index (χ1) is 7.11. The Kier molecular flexibility index (Phi) is 4.76. The first-order valence-corrected chi connectivity index (χ1v) is 5.74. The molecule has 1 aromatic heterocycles. The highest BCUT2D eigenvalue weighted by Gasteiger charge is 2.15. The van der Waals surface area contributed by atoms with Crippen molar-refractivity contribution < 1.29 is 0 Å². The van der Waals surface area contributed by atoms with Crippen molar-refractivity contribution in [2.75, 3.05) is 6.54 Å². The molecule has 1 unspecified atom stereocenters. The molecule has 0 bridgehead atoms. The van der Waals surface area contributed by atoms with Crippen molar-refractivity contribution in [2.24, 2.45) is 5.92 Å². The number of rotatable bonds is 5. The summed E-state index contributed by atoms with van der Waals surface area (Å²) in [7, 11) is 0. The van der Waals surface area contributed by atoms with Crippen LogP contribution >= 0.6 is 0 Å². The van der Waals surface area contributed by atoms with E-state index >= 15 is 0 Å². The summed E-state index contributed by atoms with van der Waals surface area (Å²) in [6.07, 6.45) is 3.75. The Hall–Kier alpha value is -0.890. The van der Waals surface area contributed by atoms with Gasteiger partial charge < -0.3 is 5.32 Å². The molecule has 1 heterocycles. The second-order valence-corrected chi connectivity index (χ2v) is 4.69. The smallest absolute Gasteiger partial charge is 0.0270 e. The van der Waals surface area contributed by atoms with Gasteiger partial charge in [-0.05, 0) is 29.5 Å². The van der Waals surface area contributed by atoms with Gasteiger partial charge in [0.2, 0.25) is 0 Å². The molecule has 0 amide bonds. The summed E-state index contributed by atoms with van der Waals surface area (Å²) in [6.45, 7) is 9.95. The second-order valence-electron chi connectivity index (χ2n) is 4.69. The summed E-state index contributed by atoms with van der Waals surface area (Å²) in [5.41, 5.74) is 1.38. The third-order valence-corrected chi connectivity index (χ3v) is 2.69. The van der Waals surface area contributed by atoms with Crippen molar-refractivity contribution in [3.63, 3.8) is 0 Å². The van der Waals surface area contributed by atoms with Gasteiger partial charge in [0.15, 0.2) is 0 Å². The van der Waals surface area contributed by atoms with Crippen LogP contribution < -0.4 is 5.32 Å². The van der Waals surface area contributed by atoms with E-state index in [2.05, 4.69) is 50.1 Å². The molecule has 0 saturated heterocycles. The Morgan fingerprint density at radius 2 is 1.73 bits per heavy atom. The van der Waals surface area contributed by atoms with E-state index in [9.17, 15) is 0 Å². The van der Waals surface area contributed by atoms with E-state index in [1.54, 1.807) is 0 Å². The van der Waals surface area contributed by atoms with E-state index < -0.39 is 0 Å². The number of nitrogens with zero attached hydrogens (tertiary/aromatic N) is 1. The molecule has 0 fully saturated rings. The molecule has 0 saturated carbocycles. The molecule has 0 aliphatic heterocycles. The predicted octanol–water partition coefficient (Wildman–Crippen LogP) is 2.82. The van der Waals surface area contributed by atoms with E-state index in [0.29, 0.717) is 17.9 Å². The summed E-state index contributed by atoms with van der Waals surface area (Å²) >= 11 is 0. The summed E-state index contributed by atoms with van der Waals surface area (Å²) in [4.78, 5) is 4.06. The lowest BCUT2D eigenvalue weighted by Gasteiger charge is -2.23. The first-order valence-electron chi connectivity index (χ1n) is 5.74. The zero-order valence-corrected chi connectivity index (χ0v) is 10.2. The molecule has 0 radical (unpaired) electrons. The topological polar surface area (TPSA) is 24.9 Å². The number of hydrogen-bond acceptors (Lipinski definition) is 2. The maximum absolute atomic E-state index is 4.06. The monoisotopic (exact) mass is 206 g/mol. The van der Waals surface area contributed by atoms with Gasteiger partial charge in [0, 0.05) is 25.0 Å². The summed E-state index contributed by atoms with van der Waals surface area (Å²) < 4.78 is 0. The summed E-state index contributed by atoms with van der Waals surface area (Å²) in [5, 5.41) is 3.50. The van der Waals surface area contributed by atoms with Crippen molar-refractivity contribution >= 4 is 0 Å². The quantitative estimate of drug-likeness (QED) is 0.801. The summed E-state index contributed by atoms with van der Waals surface area (Å²) in [5.74, 6) is 1.23. The minimum atomic E-state index is 0.549. The minimum Gasteiger partial charge on any atom is -0.314 e. The van der Waals surface area contributed by atoms with Gasteiger partial charge in [-0.15, -0.1) is 0 Å². The standard InChI is InChI=1S/C13H22N2/c1-10(2)13(9-15-11(3)4)12-5-7-14-8-6-12/h5-8,10-11,13,15H,9H2,1-4H3. The molecule has 15 heavy (non-hydrogen) atoms. The molecular weight excluding hydrogens is 184 g/mol. The molecule has 1 atom stereocenters. The fourth-order valence-corrected chi connectivity index (χ4v) is 1.71. The van der Waals surface area contributed by atoms with Gasteiger partial charge in [0.1, 0.15) is 0 Å². The predicted molar refractivity (Wildman–Crippen MR) is 65.0 cm³/mol. The van der Waals surface area contributed by atoms with Crippen molar-refractivity contribution in [3.05, 3.63) is 30.1 Å². The third kappa shape index (κ3) is 4.00. The zero-order chi connectivity index (χ0) is 11.3. The average Bonchev–Trinajstić information content (AvgIpc) is 2.18. The highest BCUT2D eigenvalue weighted by atomic mass is 14.9. The lowest BCUT2D eigenvalue weighted by molar-refractivity contribution is 0.441. The van der Waals surface area contributed by atoms with Crippen molar-refractivity contribution in [1.82, 2.24) is 10.3 Å². The maximum atomic E-state index is 4.06.